The molecule has 0 saturated heterocycles. The molecule has 3 aromatic carbocycles. The number of aromatic nitrogens is 4. The fraction of sp³-hybridized carbons (Fsp3) is 0.167. The number of tetrazole rings is 1. The third-order valence-electron chi connectivity index (χ3n) is 4.92. The molecule has 1 atom stereocenters. The van der Waals surface area contributed by atoms with Crippen LogP contribution in [0.1, 0.15) is 12.5 Å². The first-order valence-electron chi connectivity index (χ1n) is 10.1. The highest BCUT2D eigenvalue weighted by Crippen LogP contribution is 2.31. The molecule has 4 rings (SSSR count). The SMILES string of the molecule is COc1ccc(C)cc1-n1nnnc1S[C@H](C)C(=O)Nc1ccccc1-c1ccccc1. The van der Waals surface area contributed by atoms with E-state index in [4.69, 9.17) is 4.74 Å². The molecular weight excluding hydrogens is 422 g/mol. The van der Waals surface area contributed by atoms with Crippen molar-refractivity contribution in [1.29, 1.82) is 0 Å². The van der Waals surface area contributed by atoms with Crippen LogP contribution in [0, 0.1) is 6.92 Å². The third kappa shape index (κ3) is 4.65. The number of aryl methyl sites for hydroxylation is 1. The fourth-order valence-corrected chi connectivity index (χ4v) is 4.08. The first-order chi connectivity index (χ1) is 15.6. The Morgan fingerprint density at radius 2 is 1.81 bits per heavy atom. The lowest BCUT2D eigenvalue weighted by atomic mass is 10.0. The topological polar surface area (TPSA) is 81.9 Å². The van der Waals surface area contributed by atoms with E-state index in [-0.39, 0.29) is 5.91 Å². The molecule has 7 nitrogen and oxygen atoms in total. The normalized spacial score (nSPS) is 11.7. The van der Waals surface area contributed by atoms with Crippen LogP contribution in [0.25, 0.3) is 16.8 Å². The number of benzene rings is 3. The minimum Gasteiger partial charge on any atom is -0.494 e. The lowest BCUT2D eigenvalue weighted by Gasteiger charge is -2.15. The van der Waals surface area contributed by atoms with Gasteiger partial charge in [0.1, 0.15) is 11.4 Å². The molecule has 32 heavy (non-hydrogen) atoms. The van der Waals surface area contributed by atoms with Gasteiger partial charge in [0, 0.05) is 11.3 Å². The average Bonchev–Trinajstić information content (AvgIpc) is 3.27. The summed E-state index contributed by atoms with van der Waals surface area (Å²) in [4.78, 5) is 13.0. The summed E-state index contributed by atoms with van der Waals surface area (Å²) in [6, 6.07) is 23.5. The van der Waals surface area contributed by atoms with Crippen LogP contribution in [-0.4, -0.2) is 38.5 Å². The zero-order valence-electron chi connectivity index (χ0n) is 18.0. The summed E-state index contributed by atoms with van der Waals surface area (Å²) in [5, 5.41) is 15.2. The highest BCUT2D eigenvalue weighted by Gasteiger charge is 2.21. The Labute approximate surface area is 190 Å². The molecule has 1 amide bonds. The zero-order chi connectivity index (χ0) is 22.5. The molecule has 1 N–H and O–H groups in total. The number of thioether (sulfide) groups is 1. The van der Waals surface area contributed by atoms with Crippen LogP contribution < -0.4 is 10.1 Å². The summed E-state index contributed by atoms with van der Waals surface area (Å²) in [6.07, 6.45) is 0. The number of carbonyl (C=O) groups is 1. The van der Waals surface area contributed by atoms with Crippen molar-refractivity contribution in [1.82, 2.24) is 20.2 Å². The first kappa shape index (κ1) is 21.6. The highest BCUT2D eigenvalue weighted by molar-refractivity contribution is 8.00. The fourth-order valence-electron chi connectivity index (χ4n) is 3.28. The van der Waals surface area contributed by atoms with E-state index in [2.05, 4.69) is 20.8 Å². The monoisotopic (exact) mass is 445 g/mol. The minimum atomic E-state index is -0.431. The molecule has 1 heterocycles. The number of amides is 1. The zero-order valence-corrected chi connectivity index (χ0v) is 18.8. The smallest absolute Gasteiger partial charge is 0.237 e. The largest absolute Gasteiger partial charge is 0.494 e. The van der Waals surface area contributed by atoms with Crippen LogP contribution in [0.2, 0.25) is 0 Å². The summed E-state index contributed by atoms with van der Waals surface area (Å²) < 4.78 is 7.06. The van der Waals surface area contributed by atoms with Gasteiger partial charge in [-0.15, -0.1) is 5.10 Å². The molecule has 4 aromatic rings. The van der Waals surface area contributed by atoms with Gasteiger partial charge in [-0.1, -0.05) is 66.4 Å². The van der Waals surface area contributed by atoms with Crippen LogP contribution in [-0.2, 0) is 4.79 Å². The Bertz CT molecular complexity index is 1230. The lowest BCUT2D eigenvalue weighted by Crippen LogP contribution is -2.23. The van der Waals surface area contributed by atoms with E-state index in [1.165, 1.54) is 11.8 Å². The second kappa shape index (κ2) is 9.65. The second-order valence-corrected chi connectivity index (χ2v) is 8.52. The number of ether oxygens (including phenoxy) is 1. The standard InChI is InChI=1S/C24H23N5O2S/c1-16-13-14-22(31-3)21(15-16)29-24(26-27-28-29)32-17(2)23(30)25-20-12-8-7-11-19(20)18-9-5-4-6-10-18/h4-15,17H,1-3H3,(H,25,30)/t17-/m1/s1. The molecule has 0 fully saturated rings. The Balaban J connectivity index is 1.54. The van der Waals surface area contributed by atoms with Gasteiger partial charge in [0.2, 0.25) is 11.1 Å². The maximum Gasteiger partial charge on any atom is 0.237 e. The number of hydrogen-bond acceptors (Lipinski definition) is 6. The van der Waals surface area contributed by atoms with Crippen LogP contribution in [0.4, 0.5) is 5.69 Å². The molecule has 0 saturated carbocycles. The van der Waals surface area contributed by atoms with Crippen LogP contribution in [0.15, 0.2) is 78.0 Å². The Morgan fingerprint density at radius 3 is 2.59 bits per heavy atom. The van der Waals surface area contributed by atoms with E-state index in [1.807, 2.05) is 86.6 Å². The quantitative estimate of drug-likeness (QED) is 0.413. The van der Waals surface area contributed by atoms with Crippen molar-refractivity contribution in [2.75, 3.05) is 12.4 Å². The van der Waals surface area contributed by atoms with Crippen molar-refractivity contribution >= 4 is 23.4 Å². The predicted molar refractivity (Wildman–Crippen MR) is 126 cm³/mol. The molecule has 0 spiro atoms. The lowest BCUT2D eigenvalue weighted by molar-refractivity contribution is -0.115. The van der Waals surface area contributed by atoms with Gasteiger partial charge in [-0.05, 0) is 53.6 Å². The molecule has 162 valence electrons. The average molecular weight is 446 g/mol. The number of carbonyl (C=O) groups excluding carboxylic acids is 1. The molecular formula is C24H23N5O2S. The molecule has 1 aromatic heterocycles. The van der Waals surface area contributed by atoms with Gasteiger partial charge >= 0.3 is 0 Å². The third-order valence-corrected chi connectivity index (χ3v) is 5.96. The number of para-hydroxylation sites is 1. The summed E-state index contributed by atoms with van der Waals surface area (Å²) in [5.74, 6) is 0.516. The summed E-state index contributed by atoms with van der Waals surface area (Å²) in [7, 11) is 1.60. The molecule has 8 heteroatoms. The maximum atomic E-state index is 13.0. The van der Waals surface area contributed by atoms with E-state index in [0.717, 1.165) is 28.1 Å². The van der Waals surface area contributed by atoms with E-state index < -0.39 is 5.25 Å². The summed E-state index contributed by atoms with van der Waals surface area (Å²) >= 11 is 1.29. The number of methoxy groups -OCH3 is 1. The van der Waals surface area contributed by atoms with E-state index in [0.29, 0.717) is 10.9 Å². The Morgan fingerprint density at radius 1 is 1.06 bits per heavy atom. The van der Waals surface area contributed by atoms with Crippen LogP contribution in [0.5, 0.6) is 5.75 Å². The molecule has 0 aliphatic rings. The number of hydrogen-bond donors (Lipinski definition) is 1. The van der Waals surface area contributed by atoms with E-state index in [1.54, 1.807) is 11.8 Å². The molecule has 0 bridgehead atoms. The van der Waals surface area contributed by atoms with Gasteiger partial charge < -0.3 is 10.1 Å². The van der Waals surface area contributed by atoms with Gasteiger partial charge in [-0.2, -0.15) is 4.68 Å². The molecule has 0 unspecified atom stereocenters. The number of anilines is 1. The number of rotatable bonds is 7. The van der Waals surface area contributed by atoms with Crippen molar-refractivity contribution in [3.05, 3.63) is 78.4 Å². The molecule has 0 aliphatic carbocycles. The Kier molecular flexibility index (Phi) is 6.51. The van der Waals surface area contributed by atoms with Crippen molar-refractivity contribution in [3.63, 3.8) is 0 Å². The molecule has 0 aliphatic heterocycles. The summed E-state index contributed by atoms with van der Waals surface area (Å²) in [6.45, 7) is 3.82. The number of nitrogens with one attached hydrogen (secondary N) is 1. The van der Waals surface area contributed by atoms with Crippen molar-refractivity contribution in [3.8, 4) is 22.6 Å². The van der Waals surface area contributed by atoms with Crippen molar-refractivity contribution < 1.29 is 9.53 Å². The van der Waals surface area contributed by atoms with Gasteiger partial charge in [-0.25, -0.2) is 0 Å². The van der Waals surface area contributed by atoms with E-state index >= 15 is 0 Å². The number of nitrogens with zero attached hydrogens (tertiary/aromatic N) is 4. The minimum absolute atomic E-state index is 0.135. The van der Waals surface area contributed by atoms with Gasteiger partial charge in [-0.3, -0.25) is 4.79 Å². The molecule has 0 radical (unpaired) electrons. The van der Waals surface area contributed by atoms with Gasteiger partial charge in [0.25, 0.3) is 0 Å². The van der Waals surface area contributed by atoms with Gasteiger partial charge in [0.05, 0.1) is 12.4 Å². The first-order valence-corrected chi connectivity index (χ1v) is 11.0. The predicted octanol–water partition coefficient (Wildman–Crippen LogP) is 4.77. The Hall–Kier alpha value is -3.65. The summed E-state index contributed by atoms with van der Waals surface area (Å²) in [5.41, 5.74) is 4.54. The maximum absolute atomic E-state index is 13.0. The highest BCUT2D eigenvalue weighted by atomic mass is 32.2. The van der Waals surface area contributed by atoms with Crippen LogP contribution in [0.3, 0.4) is 0 Å². The van der Waals surface area contributed by atoms with Crippen molar-refractivity contribution in [2.45, 2.75) is 24.3 Å². The van der Waals surface area contributed by atoms with E-state index in [9.17, 15) is 4.79 Å². The second-order valence-electron chi connectivity index (χ2n) is 7.21. The van der Waals surface area contributed by atoms with Crippen LogP contribution >= 0.6 is 11.8 Å². The van der Waals surface area contributed by atoms with Gasteiger partial charge in [0.15, 0.2) is 0 Å². The van der Waals surface area contributed by atoms with Crippen molar-refractivity contribution in [2.24, 2.45) is 0 Å².